The molecule has 0 saturated carbocycles. The fraction of sp³-hybridized carbons (Fsp3) is 0.533. The molecule has 1 amide bonds. The van der Waals surface area contributed by atoms with Crippen LogP contribution in [0.1, 0.15) is 25.3 Å². The molecule has 0 radical (unpaired) electrons. The molecule has 6 heteroatoms. The summed E-state index contributed by atoms with van der Waals surface area (Å²) in [6, 6.07) is 6.83. The van der Waals surface area contributed by atoms with E-state index in [0.29, 0.717) is 24.5 Å². The molecule has 1 N–H and O–H groups in total. The molecule has 0 spiro atoms. The van der Waals surface area contributed by atoms with Gasteiger partial charge in [0, 0.05) is 13.2 Å². The first kappa shape index (κ1) is 16.0. The first-order valence-corrected chi connectivity index (χ1v) is 8.89. The molecule has 1 heterocycles. The van der Waals surface area contributed by atoms with E-state index in [0.717, 1.165) is 18.4 Å². The third kappa shape index (κ3) is 4.28. The number of sulfone groups is 1. The lowest BCUT2D eigenvalue weighted by atomic mass is 10.1. The highest BCUT2D eigenvalue weighted by atomic mass is 32.2. The minimum Gasteiger partial charge on any atom is -0.368 e. The van der Waals surface area contributed by atoms with Crippen molar-refractivity contribution < 1.29 is 17.9 Å². The summed E-state index contributed by atoms with van der Waals surface area (Å²) in [7, 11) is -3.15. The van der Waals surface area contributed by atoms with Gasteiger partial charge in [0.1, 0.15) is 6.10 Å². The normalized spacial score (nSPS) is 18.6. The fourth-order valence-electron chi connectivity index (χ4n) is 2.26. The molecule has 0 aliphatic carbocycles. The zero-order valence-electron chi connectivity index (χ0n) is 12.2. The minimum atomic E-state index is -3.15. The van der Waals surface area contributed by atoms with Crippen LogP contribution >= 0.6 is 0 Å². The molecule has 5 nitrogen and oxygen atoms in total. The lowest BCUT2D eigenvalue weighted by molar-refractivity contribution is -0.129. The number of hydrogen-bond acceptors (Lipinski definition) is 4. The van der Waals surface area contributed by atoms with Crippen LogP contribution in [0.2, 0.25) is 0 Å². The Morgan fingerprint density at radius 1 is 1.33 bits per heavy atom. The molecule has 116 valence electrons. The van der Waals surface area contributed by atoms with Gasteiger partial charge in [-0.2, -0.15) is 0 Å². The van der Waals surface area contributed by atoms with Crippen molar-refractivity contribution >= 4 is 15.7 Å². The van der Waals surface area contributed by atoms with Crippen LogP contribution < -0.4 is 5.32 Å². The van der Waals surface area contributed by atoms with Crippen LogP contribution in [0.3, 0.4) is 0 Å². The van der Waals surface area contributed by atoms with E-state index in [1.165, 1.54) is 0 Å². The summed E-state index contributed by atoms with van der Waals surface area (Å²) in [5, 5.41) is 2.85. The standard InChI is InChI=1S/C15H21NO4S/c1-2-21(18,19)13-7-5-12(6-8-13)9-10-16-15(17)14-4-3-11-20-14/h5-8,14H,2-4,9-11H2,1H3,(H,16,17). The lowest BCUT2D eigenvalue weighted by Gasteiger charge is -2.10. The van der Waals surface area contributed by atoms with Crippen LogP contribution in [0.15, 0.2) is 29.2 Å². The number of rotatable bonds is 6. The van der Waals surface area contributed by atoms with E-state index in [-0.39, 0.29) is 17.8 Å². The third-order valence-electron chi connectivity index (χ3n) is 3.60. The maximum absolute atomic E-state index is 11.7. The highest BCUT2D eigenvalue weighted by Gasteiger charge is 2.22. The first-order valence-electron chi connectivity index (χ1n) is 7.24. The Morgan fingerprint density at radius 2 is 2.05 bits per heavy atom. The second kappa shape index (κ2) is 7.04. The van der Waals surface area contributed by atoms with Crippen LogP contribution in [0.4, 0.5) is 0 Å². The molecule has 1 aliphatic heterocycles. The van der Waals surface area contributed by atoms with Crippen molar-refractivity contribution in [2.75, 3.05) is 18.9 Å². The molecule has 1 aromatic rings. The van der Waals surface area contributed by atoms with Gasteiger partial charge in [0.2, 0.25) is 5.91 Å². The molecule has 1 aromatic carbocycles. The Labute approximate surface area is 125 Å². The highest BCUT2D eigenvalue weighted by molar-refractivity contribution is 7.91. The van der Waals surface area contributed by atoms with Gasteiger partial charge in [-0.25, -0.2) is 8.42 Å². The van der Waals surface area contributed by atoms with Gasteiger partial charge in [-0.1, -0.05) is 19.1 Å². The van der Waals surface area contributed by atoms with Crippen molar-refractivity contribution in [3.8, 4) is 0 Å². The molecule has 21 heavy (non-hydrogen) atoms. The maximum atomic E-state index is 11.7. The summed E-state index contributed by atoms with van der Waals surface area (Å²) in [4.78, 5) is 12.1. The Hall–Kier alpha value is -1.40. The van der Waals surface area contributed by atoms with Crippen molar-refractivity contribution in [2.45, 2.75) is 37.2 Å². The van der Waals surface area contributed by atoms with E-state index in [9.17, 15) is 13.2 Å². The minimum absolute atomic E-state index is 0.0577. The largest absolute Gasteiger partial charge is 0.368 e. The summed E-state index contributed by atoms with van der Waals surface area (Å²) >= 11 is 0. The molecule has 1 aliphatic rings. The molecule has 1 unspecified atom stereocenters. The highest BCUT2D eigenvalue weighted by Crippen LogP contribution is 2.13. The number of hydrogen-bond donors (Lipinski definition) is 1. The monoisotopic (exact) mass is 311 g/mol. The van der Waals surface area contributed by atoms with Gasteiger partial charge in [0.15, 0.2) is 9.84 Å². The van der Waals surface area contributed by atoms with Crippen LogP contribution in [-0.2, 0) is 25.8 Å². The van der Waals surface area contributed by atoms with E-state index in [1.807, 2.05) is 0 Å². The van der Waals surface area contributed by atoms with Crippen LogP contribution in [0, 0.1) is 0 Å². The predicted octanol–water partition coefficient (Wildman–Crippen LogP) is 1.32. The Balaban J connectivity index is 1.82. The number of ether oxygens (including phenoxy) is 1. The molecular formula is C15H21NO4S. The average Bonchev–Trinajstić information content (AvgIpc) is 3.02. The molecule has 1 saturated heterocycles. The molecule has 2 rings (SSSR count). The molecule has 1 fully saturated rings. The fourth-order valence-corrected chi connectivity index (χ4v) is 3.14. The number of nitrogens with one attached hydrogen (secondary N) is 1. The summed E-state index contributed by atoms with van der Waals surface area (Å²) < 4.78 is 28.7. The average molecular weight is 311 g/mol. The van der Waals surface area contributed by atoms with Crippen LogP contribution in [0.5, 0.6) is 0 Å². The zero-order valence-corrected chi connectivity index (χ0v) is 13.0. The van der Waals surface area contributed by atoms with E-state index in [2.05, 4.69) is 5.32 Å². The van der Waals surface area contributed by atoms with E-state index in [1.54, 1.807) is 31.2 Å². The number of carbonyl (C=O) groups excluding carboxylic acids is 1. The van der Waals surface area contributed by atoms with Gasteiger partial charge >= 0.3 is 0 Å². The van der Waals surface area contributed by atoms with Crippen molar-refractivity contribution in [3.05, 3.63) is 29.8 Å². The van der Waals surface area contributed by atoms with Gasteiger partial charge in [-0.05, 0) is 37.0 Å². The van der Waals surface area contributed by atoms with Gasteiger partial charge in [-0.3, -0.25) is 4.79 Å². The van der Waals surface area contributed by atoms with Crippen LogP contribution in [-0.4, -0.2) is 39.3 Å². The van der Waals surface area contributed by atoms with Crippen LogP contribution in [0.25, 0.3) is 0 Å². The van der Waals surface area contributed by atoms with Gasteiger partial charge in [-0.15, -0.1) is 0 Å². The second-order valence-electron chi connectivity index (χ2n) is 5.09. The smallest absolute Gasteiger partial charge is 0.249 e. The van der Waals surface area contributed by atoms with Crippen molar-refractivity contribution in [1.82, 2.24) is 5.32 Å². The Kier molecular flexibility index (Phi) is 5.36. The molecule has 0 aromatic heterocycles. The lowest BCUT2D eigenvalue weighted by Crippen LogP contribution is -2.35. The van der Waals surface area contributed by atoms with E-state index < -0.39 is 9.84 Å². The van der Waals surface area contributed by atoms with E-state index in [4.69, 9.17) is 4.74 Å². The zero-order chi connectivity index (χ0) is 15.3. The Morgan fingerprint density at radius 3 is 2.62 bits per heavy atom. The number of amides is 1. The summed E-state index contributed by atoms with van der Waals surface area (Å²) in [5.74, 6) is 0.0433. The molecule has 0 bridgehead atoms. The van der Waals surface area contributed by atoms with Crippen molar-refractivity contribution in [1.29, 1.82) is 0 Å². The van der Waals surface area contributed by atoms with Gasteiger partial charge in [0.25, 0.3) is 0 Å². The van der Waals surface area contributed by atoms with Crippen molar-refractivity contribution in [3.63, 3.8) is 0 Å². The first-order chi connectivity index (χ1) is 10.0. The quantitative estimate of drug-likeness (QED) is 0.860. The molecular weight excluding hydrogens is 290 g/mol. The van der Waals surface area contributed by atoms with E-state index >= 15 is 0 Å². The maximum Gasteiger partial charge on any atom is 0.249 e. The predicted molar refractivity (Wildman–Crippen MR) is 79.9 cm³/mol. The Bertz CT molecular complexity index is 574. The summed E-state index contributed by atoms with van der Waals surface area (Å²) in [6.07, 6.45) is 2.09. The third-order valence-corrected chi connectivity index (χ3v) is 5.35. The SMILES string of the molecule is CCS(=O)(=O)c1ccc(CCNC(=O)C2CCCO2)cc1. The summed E-state index contributed by atoms with van der Waals surface area (Å²) in [6.45, 7) is 2.81. The number of carbonyl (C=O) groups is 1. The topological polar surface area (TPSA) is 72.5 Å². The van der Waals surface area contributed by atoms with Gasteiger partial charge in [0.05, 0.1) is 10.6 Å². The summed E-state index contributed by atoms with van der Waals surface area (Å²) in [5.41, 5.74) is 0.998. The van der Waals surface area contributed by atoms with Gasteiger partial charge < -0.3 is 10.1 Å². The number of benzene rings is 1. The molecule has 1 atom stereocenters. The van der Waals surface area contributed by atoms with Crippen molar-refractivity contribution in [2.24, 2.45) is 0 Å². The second-order valence-corrected chi connectivity index (χ2v) is 7.37.